The number of imidazole rings is 1. The van der Waals surface area contributed by atoms with E-state index in [0.717, 1.165) is 30.3 Å². The van der Waals surface area contributed by atoms with Crippen molar-refractivity contribution in [1.29, 1.82) is 0 Å². The molecule has 5 heteroatoms. The third-order valence-electron chi connectivity index (χ3n) is 3.50. The molecule has 20 heavy (non-hydrogen) atoms. The van der Waals surface area contributed by atoms with E-state index in [2.05, 4.69) is 21.8 Å². The van der Waals surface area contributed by atoms with Gasteiger partial charge in [-0.3, -0.25) is 0 Å². The molecule has 2 heterocycles. The van der Waals surface area contributed by atoms with E-state index in [0.29, 0.717) is 6.04 Å². The van der Waals surface area contributed by atoms with E-state index in [9.17, 15) is 0 Å². The second kappa shape index (κ2) is 5.85. The predicted molar refractivity (Wildman–Crippen MR) is 79.3 cm³/mol. The normalized spacial score (nSPS) is 18.6. The smallest absolute Gasteiger partial charge is 0.123 e. The number of benzene rings is 1. The zero-order chi connectivity index (χ0) is 13.9. The summed E-state index contributed by atoms with van der Waals surface area (Å²) in [7, 11) is 0. The first kappa shape index (κ1) is 13.5. The van der Waals surface area contributed by atoms with Gasteiger partial charge in [-0.2, -0.15) is 0 Å². The number of halogens is 1. The van der Waals surface area contributed by atoms with Crippen molar-refractivity contribution in [3.63, 3.8) is 0 Å². The summed E-state index contributed by atoms with van der Waals surface area (Å²) in [4.78, 5) is 4.05. The highest BCUT2D eigenvalue weighted by Gasteiger charge is 2.23. The molecule has 2 aromatic rings. The minimum Gasteiger partial charge on any atom is -0.488 e. The summed E-state index contributed by atoms with van der Waals surface area (Å²) in [6.07, 6.45) is 6.71. The van der Waals surface area contributed by atoms with Gasteiger partial charge >= 0.3 is 0 Å². The average Bonchev–Trinajstić information content (AvgIpc) is 3.04. The van der Waals surface area contributed by atoms with Crippen LogP contribution >= 0.6 is 11.6 Å². The van der Waals surface area contributed by atoms with Crippen molar-refractivity contribution < 1.29 is 4.74 Å². The maximum atomic E-state index is 6.00. The fraction of sp³-hybridized carbons (Fsp3) is 0.400. The van der Waals surface area contributed by atoms with E-state index in [4.69, 9.17) is 16.3 Å². The van der Waals surface area contributed by atoms with Gasteiger partial charge in [0.15, 0.2) is 0 Å². The molecule has 0 aliphatic carbocycles. The molecule has 1 aliphatic heterocycles. The molecule has 3 rings (SSSR count). The van der Waals surface area contributed by atoms with Crippen molar-refractivity contribution in [2.24, 2.45) is 0 Å². The Hall–Kier alpha value is -1.52. The van der Waals surface area contributed by atoms with Crippen LogP contribution in [-0.2, 0) is 13.0 Å². The molecule has 0 radical (unpaired) electrons. The average molecular weight is 292 g/mol. The number of aromatic nitrogens is 2. The van der Waals surface area contributed by atoms with Crippen LogP contribution in [0.5, 0.6) is 5.75 Å². The van der Waals surface area contributed by atoms with Crippen molar-refractivity contribution >= 4 is 11.6 Å². The van der Waals surface area contributed by atoms with E-state index >= 15 is 0 Å². The van der Waals surface area contributed by atoms with Crippen LogP contribution in [0.2, 0.25) is 5.02 Å². The molecule has 4 nitrogen and oxygen atoms in total. The van der Waals surface area contributed by atoms with Crippen molar-refractivity contribution in [2.75, 3.05) is 6.54 Å². The van der Waals surface area contributed by atoms with Crippen LogP contribution in [0.1, 0.15) is 12.5 Å². The fourth-order valence-electron chi connectivity index (χ4n) is 2.51. The molecule has 1 aromatic heterocycles. The minimum absolute atomic E-state index is 0.189. The van der Waals surface area contributed by atoms with E-state index in [1.807, 2.05) is 30.7 Å². The molecule has 0 fully saturated rings. The molecule has 1 N–H and O–H groups in total. The number of nitrogens with zero attached hydrogens (tertiary/aromatic N) is 2. The summed E-state index contributed by atoms with van der Waals surface area (Å²) in [6.45, 7) is 3.91. The summed E-state index contributed by atoms with van der Waals surface area (Å²) < 4.78 is 7.98. The Morgan fingerprint density at radius 1 is 1.55 bits per heavy atom. The highest BCUT2D eigenvalue weighted by Crippen LogP contribution is 2.30. The summed E-state index contributed by atoms with van der Waals surface area (Å²) in [5.74, 6) is 0.962. The number of hydrogen-bond donors (Lipinski definition) is 1. The SMILES string of the molecule is CC(Cn1ccnc1)NCC1Cc2cc(Cl)ccc2O1. The van der Waals surface area contributed by atoms with Crippen molar-refractivity contribution in [3.8, 4) is 5.75 Å². The third kappa shape index (κ3) is 3.14. The molecule has 2 unspecified atom stereocenters. The van der Waals surface area contributed by atoms with Crippen LogP contribution in [-0.4, -0.2) is 28.2 Å². The lowest BCUT2D eigenvalue weighted by Crippen LogP contribution is -2.37. The number of fused-ring (bicyclic) bond motifs is 1. The Kier molecular flexibility index (Phi) is 3.94. The van der Waals surface area contributed by atoms with E-state index in [1.165, 1.54) is 5.56 Å². The lowest BCUT2D eigenvalue weighted by atomic mass is 10.1. The number of hydrogen-bond acceptors (Lipinski definition) is 3. The van der Waals surface area contributed by atoms with Gasteiger partial charge in [-0.15, -0.1) is 0 Å². The first-order chi connectivity index (χ1) is 9.70. The molecule has 0 bridgehead atoms. The standard InChI is InChI=1S/C15H18ClN3O/c1-11(9-19-5-4-17-10-19)18-8-14-7-12-6-13(16)2-3-15(12)20-14/h2-6,10-11,14,18H,7-9H2,1H3. The first-order valence-electron chi connectivity index (χ1n) is 6.85. The molecule has 0 spiro atoms. The van der Waals surface area contributed by atoms with E-state index in [1.54, 1.807) is 6.20 Å². The summed E-state index contributed by atoms with van der Waals surface area (Å²) in [6, 6.07) is 6.19. The fourth-order valence-corrected chi connectivity index (χ4v) is 2.71. The van der Waals surface area contributed by atoms with Crippen molar-refractivity contribution in [1.82, 2.24) is 14.9 Å². The van der Waals surface area contributed by atoms with Gasteiger partial charge in [-0.25, -0.2) is 4.98 Å². The second-order valence-electron chi connectivity index (χ2n) is 5.26. The summed E-state index contributed by atoms with van der Waals surface area (Å²) >= 11 is 6.00. The van der Waals surface area contributed by atoms with Gasteiger partial charge in [0, 0.05) is 43.0 Å². The van der Waals surface area contributed by atoms with Crippen LogP contribution in [0, 0.1) is 0 Å². The Morgan fingerprint density at radius 3 is 3.25 bits per heavy atom. The quantitative estimate of drug-likeness (QED) is 0.920. The number of rotatable bonds is 5. The predicted octanol–water partition coefficient (Wildman–Crippen LogP) is 2.52. The summed E-state index contributed by atoms with van der Waals surface area (Å²) in [5.41, 5.74) is 1.20. The van der Waals surface area contributed by atoms with Crippen LogP contribution in [0.4, 0.5) is 0 Å². The maximum absolute atomic E-state index is 6.00. The molecule has 106 valence electrons. The lowest BCUT2D eigenvalue weighted by Gasteiger charge is -2.17. The molecule has 2 atom stereocenters. The zero-order valence-electron chi connectivity index (χ0n) is 11.4. The van der Waals surface area contributed by atoms with Crippen LogP contribution in [0.25, 0.3) is 0 Å². The molecular formula is C15H18ClN3O. The van der Waals surface area contributed by atoms with Gasteiger partial charge in [0.1, 0.15) is 11.9 Å². The Bertz CT molecular complexity index is 571. The zero-order valence-corrected chi connectivity index (χ0v) is 12.2. The van der Waals surface area contributed by atoms with Gasteiger partial charge in [0.2, 0.25) is 0 Å². The van der Waals surface area contributed by atoms with Gasteiger partial charge in [0.25, 0.3) is 0 Å². The van der Waals surface area contributed by atoms with Crippen LogP contribution < -0.4 is 10.1 Å². The van der Waals surface area contributed by atoms with E-state index in [-0.39, 0.29) is 6.10 Å². The molecular weight excluding hydrogens is 274 g/mol. The van der Waals surface area contributed by atoms with Gasteiger partial charge in [-0.1, -0.05) is 11.6 Å². The molecule has 0 amide bonds. The maximum Gasteiger partial charge on any atom is 0.123 e. The number of ether oxygens (including phenoxy) is 1. The highest BCUT2D eigenvalue weighted by atomic mass is 35.5. The number of nitrogens with one attached hydrogen (secondary N) is 1. The van der Waals surface area contributed by atoms with Crippen LogP contribution in [0.15, 0.2) is 36.9 Å². The Labute approximate surface area is 123 Å². The summed E-state index contributed by atoms with van der Waals surface area (Å²) in [5, 5.41) is 4.28. The van der Waals surface area contributed by atoms with Gasteiger partial charge in [0.05, 0.1) is 6.33 Å². The molecule has 1 aromatic carbocycles. The monoisotopic (exact) mass is 291 g/mol. The third-order valence-corrected chi connectivity index (χ3v) is 3.74. The molecule has 0 saturated carbocycles. The van der Waals surface area contributed by atoms with Gasteiger partial charge < -0.3 is 14.6 Å². The first-order valence-corrected chi connectivity index (χ1v) is 7.23. The minimum atomic E-state index is 0.189. The van der Waals surface area contributed by atoms with Crippen molar-refractivity contribution in [3.05, 3.63) is 47.5 Å². The Morgan fingerprint density at radius 2 is 2.45 bits per heavy atom. The topological polar surface area (TPSA) is 39.1 Å². The molecule has 0 saturated heterocycles. The second-order valence-corrected chi connectivity index (χ2v) is 5.70. The van der Waals surface area contributed by atoms with Crippen LogP contribution in [0.3, 0.4) is 0 Å². The molecule has 1 aliphatic rings. The van der Waals surface area contributed by atoms with Crippen molar-refractivity contribution in [2.45, 2.75) is 32.0 Å². The largest absolute Gasteiger partial charge is 0.488 e. The van der Waals surface area contributed by atoms with Gasteiger partial charge in [-0.05, 0) is 30.7 Å². The highest BCUT2D eigenvalue weighted by molar-refractivity contribution is 6.30. The lowest BCUT2D eigenvalue weighted by molar-refractivity contribution is 0.220. The Balaban J connectivity index is 1.48. The van der Waals surface area contributed by atoms with E-state index < -0.39 is 0 Å².